The molecule has 2 heterocycles. The molecule has 1 aliphatic rings. The lowest BCUT2D eigenvalue weighted by atomic mass is 9.98. The Labute approximate surface area is 130 Å². The second-order valence-corrected chi connectivity index (χ2v) is 7.21. The summed E-state index contributed by atoms with van der Waals surface area (Å²) in [4.78, 5) is 11.7. The van der Waals surface area contributed by atoms with Crippen LogP contribution in [0.3, 0.4) is 0 Å². The van der Waals surface area contributed by atoms with Gasteiger partial charge in [0, 0.05) is 18.0 Å². The van der Waals surface area contributed by atoms with E-state index in [4.69, 9.17) is 0 Å². The number of fused-ring (bicyclic) bond motifs is 1. The molecule has 2 aromatic rings. The zero-order valence-corrected chi connectivity index (χ0v) is 14.0. The summed E-state index contributed by atoms with van der Waals surface area (Å²) in [5.41, 5.74) is 0. The summed E-state index contributed by atoms with van der Waals surface area (Å²) in [5.74, 6) is 3.18. The van der Waals surface area contributed by atoms with Gasteiger partial charge in [-0.3, -0.25) is 0 Å². The molecule has 0 aromatic carbocycles. The van der Waals surface area contributed by atoms with Crippen molar-refractivity contribution < 1.29 is 0 Å². The minimum atomic E-state index is 0.521. The normalized spacial score (nSPS) is 25.4. The molecule has 0 aliphatic heterocycles. The third-order valence-corrected chi connectivity index (χ3v) is 5.98. The Morgan fingerprint density at radius 3 is 2.71 bits per heavy atom. The van der Waals surface area contributed by atoms with Crippen LogP contribution in [0.15, 0.2) is 6.07 Å². The van der Waals surface area contributed by atoms with Crippen LogP contribution in [0.2, 0.25) is 0 Å². The van der Waals surface area contributed by atoms with Gasteiger partial charge in [0.1, 0.15) is 10.6 Å². The van der Waals surface area contributed by atoms with Crippen molar-refractivity contribution in [2.75, 3.05) is 17.7 Å². The number of nitrogens with one attached hydrogen (secondary N) is 2. The van der Waals surface area contributed by atoms with Gasteiger partial charge in [0.25, 0.3) is 0 Å². The Kier molecular flexibility index (Phi) is 4.02. The van der Waals surface area contributed by atoms with Gasteiger partial charge in [-0.2, -0.15) is 4.98 Å². The molecule has 21 heavy (non-hydrogen) atoms. The van der Waals surface area contributed by atoms with Crippen molar-refractivity contribution in [1.29, 1.82) is 0 Å². The SMILES string of the molecule is CCc1cc2c(NC3CCC(C)C3C)nc(NC)nc2s1. The Morgan fingerprint density at radius 1 is 1.29 bits per heavy atom. The van der Waals surface area contributed by atoms with Crippen molar-refractivity contribution in [2.45, 2.75) is 46.1 Å². The van der Waals surface area contributed by atoms with Crippen LogP contribution in [0.5, 0.6) is 0 Å². The first kappa shape index (κ1) is 14.6. The number of aromatic nitrogens is 2. The summed E-state index contributed by atoms with van der Waals surface area (Å²) < 4.78 is 0. The highest BCUT2D eigenvalue weighted by Gasteiger charge is 2.30. The molecule has 3 atom stereocenters. The van der Waals surface area contributed by atoms with Gasteiger partial charge in [-0.15, -0.1) is 11.3 Å². The van der Waals surface area contributed by atoms with E-state index >= 15 is 0 Å². The third-order valence-electron chi connectivity index (χ3n) is 4.80. The summed E-state index contributed by atoms with van der Waals surface area (Å²) in [5, 5.41) is 7.94. The number of hydrogen-bond acceptors (Lipinski definition) is 5. The van der Waals surface area contributed by atoms with E-state index in [9.17, 15) is 0 Å². The van der Waals surface area contributed by atoms with Crippen molar-refractivity contribution in [3.8, 4) is 0 Å². The molecule has 2 N–H and O–H groups in total. The number of nitrogens with zero attached hydrogens (tertiary/aromatic N) is 2. The van der Waals surface area contributed by atoms with Crippen molar-refractivity contribution in [1.82, 2.24) is 9.97 Å². The molecule has 1 aliphatic carbocycles. The molecule has 0 amide bonds. The van der Waals surface area contributed by atoms with Crippen LogP contribution in [0.4, 0.5) is 11.8 Å². The molecule has 114 valence electrons. The van der Waals surface area contributed by atoms with Crippen molar-refractivity contribution in [3.05, 3.63) is 10.9 Å². The first-order chi connectivity index (χ1) is 10.1. The van der Waals surface area contributed by atoms with Crippen LogP contribution in [0, 0.1) is 11.8 Å². The first-order valence-corrected chi connectivity index (χ1v) is 8.68. The average Bonchev–Trinajstić information content (AvgIpc) is 3.05. The second kappa shape index (κ2) is 5.79. The Morgan fingerprint density at radius 2 is 2.10 bits per heavy atom. The molecule has 1 fully saturated rings. The summed E-state index contributed by atoms with van der Waals surface area (Å²) in [7, 11) is 1.87. The Balaban J connectivity index is 1.97. The summed E-state index contributed by atoms with van der Waals surface area (Å²) in [6, 6.07) is 2.76. The number of thiophene rings is 1. The standard InChI is InChI=1S/C16H24N4S/c1-5-11-8-12-14(18-13-7-6-9(2)10(13)3)19-16(17-4)20-15(12)21-11/h8-10,13H,5-7H2,1-4H3,(H2,17,18,19,20). The number of anilines is 2. The Hall–Kier alpha value is -1.36. The first-order valence-electron chi connectivity index (χ1n) is 7.87. The zero-order valence-electron chi connectivity index (χ0n) is 13.2. The maximum absolute atomic E-state index is 4.66. The van der Waals surface area contributed by atoms with Gasteiger partial charge in [-0.25, -0.2) is 4.98 Å². The van der Waals surface area contributed by atoms with E-state index in [2.05, 4.69) is 47.4 Å². The second-order valence-electron chi connectivity index (χ2n) is 6.10. The molecule has 3 rings (SSSR count). The van der Waals surface area contributed by atoms with Gasteiger partial charge >= 0.3 is 0 Å². The summed E-state index contributed by atoms with van der Waals surface area (Å²) >= 11 is 1.77. The van der Waals surface area contributed by atoms with E-state index in [1.807, 2.05) is 7.05 Å². The highest BCUT2D eigenvalue weighted by atomic mass is 32.1. The lowest BCUT2D eigenvalue weighted by molar-refractivity contribution is 0.435. The number of hydrogen-bond donors (Lipinski definition) is 2. The van der Waals surface area contributed by atoms with Crippen molar-refractivity contribution in [3.63, 3.8) is 0 Å². The maximum Gasteiger partial charge on any atom is 0.225 e. The van der Waals surface area contributed by atoms with E-state index < -0.39 is 0 Å². The average molecular weight is 304 g/mol. The molecule has 0 bridgehead atoms. The largest absolute Gasteiger partial charge is 0.366 e. The molecule has 3 unspecified atom stereocenters. The molecule has 4 nitrogen and oxygen atoms in total. The summed E-state index contributed by atoms with van der Waals surface area (Å²) in [6.45, 7) is 6.88. The fourth-order valence-electron chi connectivity index (χ4n) is 3.11. The van der Waals surface area contributed by atoms with Gasteiger partial charge in [-0.1, -0.05) is 20.8 Å². The smallest absolute Gasteiger partial charge is 0.225 e. The fourth-order valence-corrected chi connectivity index (χ4v) is 4.08. The predicted octanol–water partition coefficient (Wildman–Crippen LogP) is 4.14. The Bertz CT molecular complexity index is 636. The van der Waals surface area contributed by atoms with E-state index in [0.717, 1.165) is 23.0 Å². The van der Waals surface area contributed by atoms with E-state index in [-0.39, 0.29) is 0 Å². The topological polar surface area (TPSA) is 49.8 Å². The van der Waals surface area contributed by atoms with E-state index in [0.29, 0.717) is 17.9 Å². The summed E-state index contributed by atoms with van der Waals surface area (Å²) in [6.07, 6.45) is 3.58. The van der Waals surface area contributed by atoms with Gasteiger partial charge < -0.3 is 10.6 Å². The highest BCUT2D eigenvalue weighted by molar-refractivity contribution is 7.18. The van der Waals surface area contributed by atoms with Gasteiger partial charge in [-0.05, 0) is 37.2 Å². The van der Waals surface area contributed by atoms with Crippen molar-refractivity contribution in [2.24, 2.45) is 11.8 Å². The fraction of sp³-hybridized carbons (Fsp3) is 0.625. The lowest BCUT2D eigenvalue weighted by Gasteiger charge is -2.20. The molecule has 0 spiro atoms. The van der Waals surface area contributed by atoms with Crippen LogP contribution in [-0.4, -0.2) is 23.1 Å². The zero-order chi connectivity index (χ0) is 15.0. The van der Waals surface area contributed by atoms with Gasteiger partial charge in [0.15, 0.2) is 0 Å². The molecule has 2 aromatic heterocycles. The number of rotatable bonds is 4. The van der Waals surface area contributed by atoms with Crippen LogP contribution in [-0.2, 0) is 6.42 Å². The maximum atomic E-state index is 4.66. The molecular formula is C16H24N4S. The predicted molar refractivity (Wildman–Crippen MR) is 91.3 cm³/mol. The van der Waals surface area contributed by atoms with Crippen LogP contribution in [0.1, 0.15) is 38.5 Å². The molecular weight excluding hydrogens is 280 g/mol. The number of aryl methyl sites for hydroxylation is 1. The third kappa shape index (κ3) is 2.71. The molecule has 0 radical (unpaired) electrons. The molecule has 0 saturated heterocycles. The van der Waals surface area contributed by atoms with Crippen molar-refractivity contribution >= 4 is 33.3 Å². The van der Waals surface area contributed by atoms with Gasteiger partial charge in [0.2, 0.25) is 5.95 Å². The monoisotopic (exact) mass is 304 g/mol. The quantitative estimate of drug-likeness (QED) is 0.891. The highest BCUT2D eigenvalue weighted by Crippen LogP contribution is 2.36. The van der Waals surface area contributed by atoms with Crippen LogP contribution >= 0.6 is 11.3 Å². The van der Waals surface area contributed by atoms with Crippen LogP contribution in [0.25, 0.3) is 10.2 Å². The van der Waals surface area contributed by atoms with Crippen LogP contribution < -0.4 is 10.6 Å². The minimum absolute atomic E-state index is 0.521. The lowest BCUT2D eigenvalue weighted by Crippen LogP contribution is -2.24. The molecule has 5 heteroatoms. The van der Waals surface area contributed by atoms with E-state index in [1.165, 1.54) is 23.1 Å². The molecule has 1 saturated carbocycles. The minimum Gasteiger partial charge on any atom is -0.366 e. The van der Waals surface area contributed by atoms with Gasteiger partial charge in [0.05, 0.1) is 5.39 Å². The van der Waals surface area contributed by atoms with E-state index in [1.54, 1.807) is 11.3 Å².